The topological polar surface area (TPSA) is 87.9 Å². The molecule has 0 radical (unpaired) electrons. The van der Waals surface area contributed by atoms with Crippen molar-refractivity contribution in [2.75, 3.05) is 12.3 Å². The average molecular weight is 337 g/mol. The average Bonchev–Trinajstić information content (AvgIpc) is 3.11. The first-order valence-corrected chi connectivity index (χ1v) is 8.99. The number of rotatable bonds is 4. The molecule has 0 aromatic carbocycles. The molecule has 0 saturated carbocycles. The zero-order valence-electron chi connectivity index (χ0n) is 12.6. The summed E-state index contributed by atoms with van der Waals surface area (Å²) in [6.07, 6.45) is 0.946. The summed E-state index contributed by atoms with van der Waals surface area (Å²) in [5, 5.41) is 9.07. The van der Waals surface area contributed by atoms with Gasteiger partial charge < -0.3 is 10.6 Å². The van der Waals surface area contributed by atoms with Crippen molar-refractivity contribution in [2.24, 2.45) is 5.92 Å². The molecule has 1 amide bonds. The summed E-state index contributed by atoms with van der Waals surface area (Å²) in [6.45, 7) is 5.58. The van der Waals surface area contributed by atoms with Crippen LogP contribution >= 0.6 is 23.1 Å². The maximum atomic E-state index is 12.9. The van der Waals surface area contributed by atoms with Gasteiger partial charge in [0, 0.05) is 18.0 Å². The molecule has 8 heteroatoms. The number of carbonyl (C=O) groups is 1. The van der Waals surface area contributed by atoms with E-state index in [0.717, 1.165) is 13.0 Å². The van der Waals surface area contributed by atoms with E-state index in [1.807, 2.05) is 18.7 Å². The number of thiophene rings is 1. The standard InChI is InChI=1S/C14H19N5OS2/c1-8(2)11(22-14-16-13(15)17-18-14)12(20)19-5-3-10-9(7-19)4-6-21-10/h4,6,8,11H,3,5,7H2,1-2H3,(H3,15,16,17,18)/t11-/m1/s1. The van der Waals surface area contributed by atoms with Crippen LogP contribution in [0.25, 0.3) is 0 Å². The molecule has 0 fully saturated rings. The number of anilines is 1. The van der Waals surface area contributed by atoms with Gasteiger partial charge in [0.05, 0.1) is 5.25 Å². The number of amides is 1. The van der Waals surface area contributed by atoms with E-state index in [4.69, 9.17) is 5.73 Å². The highest BCUT2D eigenvalue weighted by atomic mass is 32.2. The van der Waals surface area contributed by atoms with Gasteiger partial charge in [-0.2, -0.15) is 4.98 Å². The number of aromatic amines is 1. The Labute approximate surface area is 137 Å². The van der Waals surface area contributed by atoms with Crippen LogP contribution in [0, 0.1) is 5.92 Å². The highest BCUT2D eigenvalue weighted by Gasteiger charge is 2.31. The zero-order chi connectivity index (χ0) is 15.7. The Balaban J connectivity index is 1.73. The molecule has 0 bridgehead atoms. The molecular weight excluding hydrogens is 318 g/mol. The minimum Gasteiger partial charge on any atom is -0.368 e. The van der Waals surface area contributed by atoms with Gasteiger partial charge in [0.15, 0.2) is 0 Å². The van der Waals surface area contributed by atoms with Gasteiger partial charge in [0.25, 0.3) is 0 Å². The van der Waals surface area contributed by atoms with Crippen LogP contribution < -0.4 is 5.73 Å². The molecule has 1 atom stereocenters. The predicted molar refractivity (Wildman–Crippen MR) is 88.7 cm³/mol. The summed E-state index contributed by atoms with van der Waals surface area (Å²) in [4.78, 5) is 20.3. The van der Waals surface area contributed by atoms with Gasteiger partial charge in [-0.1, -0.05) is 25.6 Å². The zero-order valence-corrected chi connectivity index (χ0v) is 14.2. The van der Waals surface area contributed by atoms with E-state index >= 15 is 0 Å². The van der Waals surface area contributed by atoms with Crippen molar-refractivity contribution < 1.29 is 4.79 Å². The van der Waals surface area contributed by atoms with E-state index in [-0.39, 0.29) is 23.0 Å². The van der Waals surface area contributed by atoms with E-state index in [9.17, 15) is 4.79 Å². The van der Waals surface area contributed by atoms with E-state index in [1.54, 1.807) is 11.3 Å². The molecule has 0 unspecified atom stereocenters. The SMILES string of the molecule is CC(C)[C@@H](Sc1n[nH]c(N)n1)C(=O)N1CCc2sccc2C1. The third kappa shape index (κ3) is 3.12. The number of aromatic nitrogens is 3. The summed E-state index contributed by atoms with van der Waals surface area (Å²) in [5.41, 5.74) is 6.83. The Morgan fingerprint density at radius 3 is 3.05 bits per heavy atom. The maximum Gasteiger partial charge on any atom is 0.236 e. The fraction of sp³-hybridized carbons (Fsp3) is 0.500. The minimum absolute atomic E-state index is 0.153. The third-order valence-electron chi connectivity index (χ3n) is 3.68. The van der Waals surface area contributed by atoms with Crippen molar-refractivity contribution >= 4 is 35.0 Å². The van der Waals surface area contributed by atoms with Gasteiger partial charge in [0.2, 0.25) is 17.0 Å². The fourth-order valence-corrected chi connectivity index (χ4v) is 4.40. The van der Waals surface area contributed by atoms with E-state index in [0.29, 0.717) is 11.7 Å². The van der Waals surface area contributed by atoms with E-state index < -0.39 is 0 Å². The van der Waals surface area contributed by atoms with Crippen LogP contribution in [0.15, 0.2) is 16.6 Å². The molecule has 0 spiro atoms. The summed E-state index contributed by atoms with van der Waals surface area (Å²) >= 11 is 3.16. The molecule has 118 valence electrons. The first kappa shape index (κ1) is 15.4. The number of nitrogen functional groups attached to an aromatic ring is 1. The van der Waals surface area contributed by atoms with Crippen LogP contribution in [0.1, 0.15) is 24.3 Å². The highest BCUT2D eigenvalue weighted by Crippen LogP contribution is 2.30. The van der Waals surface area contributed by atoms with Crippen molar-refractivity contribution in [1.82, 2.24) is 20.1 Å². The second-order valence-corrected chi connectivity index (χ2v) is 7.77. The largest absolute Gasteiger partial charge is 0.368 e. The number of hydrogen-bond donors (Lipinski definition) is 2. The van der Waals surface area contributed by atoms with E-state index in [1.165, 1.54) is 22.2 Å². The molecule has 3 heterocycles. The molecular formula is C14H19N5OS2. The van der Waals surface area contributed by atoms with Crippen molar-refractivity contribution in [3.8, 4) is 0 Å². The molecule has 22 heavy (non-hydrogen) atoms. The Hall–Kier alpha value is -1.54. The summed E-state index contributed by atoms with van der Waals surface area (Å²) in [6, 6.07) is 2.12. The Bertz CT molecular complexity index is 666. The number of thioether (sulfide) groups is 1. The minimum atomic E-state index is -0.199. The lowest BCUT2D eigenvalue weighted by molar-refractivity contribution is -0.132. The summed E-state index contributed by atoms with van der Waals surface area (Å²) < 4.78 is 0. The smallest absolute Gasteiger partial charge is 0.236 e. The molecule has 0 aliphatic carbocycles. The quantitative estimate of drug-likeness (QED) is 0.835. The van der Waals surface area contributed by atoms with Gasteiger partial charge in [-0.25, -0.2) is 5.10 Å². The van der Waals surface area contributed by atoms with Gasteiger partial charge in [0.1, 0.15) is 0 Å². The number of nitrogens with one attached hydrogen (secondary N) is 1. The number of hydrogen-bond acceptors (Lipinski definition) is 6. The molecule has 6 nitrogen and oxygen atoms in total. The lowest BCUT2D eigenvalue weighted by atomic mass is 10.1. The normalized spacial score (nSPS) is 15.9. The number of carbonyl (C=O) groups excluding carboxylic acids is 1. The lowest BCUT2D eigenvalue weighted by Crippen LogP contribution is -2.42. The first-order chi connectivity index (χ1) is 10.5. The Morgan fingerprint density at radius 2 is 2.36 bits per heavy atom. The van der Waals surface area contributed by atoms with Crippen molar-refractivity contribution in [2.45, 2.75) is 37.2 Å². The summed E-state index contributed by atoms with van der Waals surface area (Å²) in [7, 11) is 0. The van der Waals surface area contributed by atoms with Crippen molar-refractivity contribution in [1.29, 1.82) is 0 Å². The Kier molecular flexibility index (Phi) is 4.39. The second-order valence-electron chi connectivity index (χ2n) is 5.66. The van der Waals surface area contributed by atoms with Crippen molar-refractivity contribution in [3.63, 3.8) is 0 Å². The molecule has 2 aromatic heterocycles. The number of H-pyrrole nitrogens is 1. The third-order valence-corrected chi connectivity index (χ3v) is 6.10. The van der Waals surface area contributed by atoms with Crippen LogP contribution in [-0.4, -0.2) is 37.8 Å². The molecule has 1 aliphatic heterocycles. The van der Waals surface area contributed by atoms with Gasteiger partial charge in [-0.15, -0.1) is 16.4 Å². The lowest BCUT2D eigenvalue weighted by Gasteiger charge is -2.31. The fourth-order valence-electron chi connectivity index (χ4n) is 2.51. The van der Waals surface area contributed by atoms with Crippen LogP contribution in [0.4, 0.5) is 5.95 Å². The molecule has 2 aromatic rings. The number of fused-ring (bicyclic) bond motifs is 1. The number of nitrogens with two attached hydrogens (primary N) is 1. The van der Waals surface area contributed by atoms with Gasteiger partial charge in [-0.3, -0.25) is 4.79 Å². The van der Waals surface area contributed by atoms with Crippen LogP contribution in [-0.2, 0) is 17.8 Å². The van der Waals surface area contributed by atoms with Gasteiger partial charge >= 0.3 is 0 Å². The molecule has 3 N–H and O–H groups in total. The van der Waals surface area contributed by atoms with Crippen molar-refractivity contribution in [3.05, 3.63) is 21.9 Å². The monoisotopic (exact) mass is 337 g/mol. The van der Waals surface area contributed by atoms with Crippen LogP contribution in [0.5, 0.6) is 0 Å². The second kappa shape index (κ2) is 6.29. The molecule has 0 saturated heterocycles. The summed E-state index contributed by atoms with van der Waals surface area (Å²) in [5.74, 6) is 0.625. The predicted octanol–water partition coefficient (Wildman–Crippen LogP) is 2.15. The van der Waals surface area contributed by atoms with Crippen LogP contribution in [0.3, 0.4) is 0 Å². The van der Waals surface area contributed by atoms with Gasteiger partial charge in [-0.05, 0) is 29.3 Å². The van der Waals surface area contributed by atoms with E-state index in [2.05, 4.69) is 26.6 Å². The maximum absolute atomic E-state index is 12.9. The highest BCUT2D eigenvalue weighted by molar-refractivity contribution is 8.00. The van der Waals surface area contributed by atoms with Crippen LogP contribution in [0.2, 0.25) is 0 Å². The number of nitrogens with zero attached hydrogens (tertiary/aromatic N) is 3. The first-order valence-electron chi connectivity index (χ1n) is 7.23. The molecule has 3 rings (SSSR count). The molecule has 1 aliphatic rings. The Morgan fingerprint density at radius 1 is 1.55 bits per heavy atom.